The summed E-state index contributed by atoms with van der Waals surface area (Å²) in [4.78, 5) is 39.9. The number of rotatable bonds is 11. The van der Waals surface area contributed by atoms with Crippen molar-refractivity contribution in [1.82, 2.24) is 44.8 Å². The highest BCUT2D eigenvalue weighted by Crippen LogP contribution is 2.25. The summed E-state index contributed by atoms with van der Waals surface area (Å²) in [5.74, 6) is -2.13. The van der Waals surface area contributed by atoms with Gasteiger partial charge in [-0.3, -0.25) is 14.8 Å². The van der Waals surface area contributed by atoms with E-state index in [1.165, 1.54) is 78.3 Å². The highest BCUT2D eigenvalue weighted by Gasteiger charge is 2.21. The second-order valence-corrected chi connectivity index (χ2v) is 18.4. The molecule has 0 aliphatic carbocycles. The highest BCUT2D eigenvalue weighted by atomic mass is 35.5. The van der Waals surface area contributed by atoms with Crippen molar-refractivity contribution in [2.45, 2.75) is 48.8 Å². The standard InChI is InChI=1S/C22H20FN5O3S.C13H8FN3O2.C9H14N2O2S.ClH/c1-3-19(14-8-9-25-21(10-14)32(2,30)31)27-22(29)18-11-24-13-20-17(18)12-26-28(20)16-6-4-15(23)5-7-16;14-8-1-3-9(4-2-8)17-12-7-15-5-11(13(18)19)10(12)6-16-17;1-3-8(10)7-4-5-11-9(6-7)14(2,12)13;/h4-13,19H,3H2,1-2H3,(H,27,29);1-7H,(H,18,19);4-6,8H,3,10H2,1-2H3;1H/t19-;;8-;/m0.0./s1. The predicted octanol–water partition coefficient (Wildman–Crippen LogP) is 6.81. The molecule has 66 heavy (non-hydrogen) atoms. The second kappa shape index (κ2) is 21.3. The number of aromatic nitrogens is 8. The van der Waals surface area contributed by atoms with Crippen LogP contribution in [0.25, 0.3) is 33.2 Å². The van der Waals surface area contributed by atoms with Gasteiger partial charge in [-0.05, 0) is 96.8 Å². The van der Waals surface area contributed by atoms with Gasteiger partial charge in [0.05, 0.1) is 64.4 Å². The van der Waals surface area contributed by atoms with Crippen LogP contribution in [0.15, 0.2) is 132 Å². The third-order valence-corrected chi connectivity index (χ3v) is 11.8. The van der Waals surface area contributed by atoms with Gasteiger partial charge in [0.2, 0.25) is 0 Å². The summed E-state index contributed by atoms with van der Waals surface area (Å²) >= 11 is 0. The van der Waals surface area contributed by atoms with Crippen molar-refractivity contribution >= 4 is 65.8 Å². The Bertz CT molecular complexity index is 3230. The van der Waals surface area contributed by atoms with Crippen LogP contribution in [-0.2, 0) is 19.7 Å². The fourth-order valence-corrected chi connectivity index (χ4v) is 7.61. The van der Waals surface area contributed by atoms with Crippen LogP contribution in [0.3, 0.4) is 0 Å². The van der Waals surface area contributed by atoms with E-state index in [9.17, 15) is 35.2 Å². The topological polar surface area (TPSA) is 248 Å². The summed E-state index contributed by atoms with van der Waals surface area (Å²) in [5.41, 5.74) is 10.1. The molecule has 0 fully saturated rings. The summed E-state index contributed by atoms with van der Waals surface area (Å²) in [6.07, 6.45) is 15.3. The molecule has 344 valence electrons. The molecule has 6 heterocycles. The van der Waals surface area contributed by atoms with Crippen molar-refractivity contribution in [3.8, 4) is 11.4 Å². The Balaban J connectivity index is 0.000000204. The Kier molecular flexibility index (Phi) is 16.1. The number of sulfone groups is 2. The maximum absolute atomic E-state index is 13.3. The molecule has 0 bridgehead atoms. The molecule has 17 nitrogen and oxygen atoms in total. The number of carbonyl (C=O) groups excluding carboxylic acids is 1. The lowest BCUT2D eigenvalue weighted by Crippen LogP contribution is -2.28. The molecule has 22 heteroatoms. The number of carbonyl (C=O) groups is 2. The molecule has 2 aromatic carbocycles. The number of carboxylic acids is 1. The van der Waals surface area contributed by atoms with E-state index in [2.05, 4.69) is 35.5 Å². The zero-order valence-electron chi connectivity index (χ0n) is 35.6. The number of nitrogens with two attached hydrogens (primary N) is 1. The minimum Gasteiger partial charge on any atom is -0.478 e. The maximum atomic E-state index is 13.3. The highest BCUT2D eigenvalue weighted by molar-refractivity contribution is 7.90. The molecule has 8 rings (SSSR count). The Labute approximate surface area is 384 Å². The summed E-state index contributed by atoms with van der Waals surface area (Å²) in [7, 11) is -6.70. The van der Waals surface area contributed by atoms with Crippen molar-refractivity contribution in [3.05, 3.63) is 156 Å². The number of carboxylic acid groups (broad SMARTS) is 1. The second-order valence-electron chi connectivity index (χ2n) is 14.5. The van der Waals surface area contributed by atoms with Gasteiger partial charge in [-0.1, -0.05) is 13.8 Å². The number of hydrogen-bond donors (Lipinski definition) is 3. The lowest BCUT2D eigenvalue weighted by atomic mass is 10.1. The number of nitrogens with zero attached hydrogens (tertiary/aromatic N) is 8. The van der Waals surface area contributed by atoms with E-state index in [1.54, 1.807) is 53.5 Å². The van der Waals surface area contributed by atoms with Crippen molar-refractivity contribution in [3.63, 3.8) is 0 Å². The van der Waals surface area contributed by atoms with Gasteiger partial charge in [0.1, 0.15) is 11.6 Å². The van der Waals surface area contributed by atoms with Crippen LogP contribution in [0.1, 0.15) is 70.6 Å². The number of amides is 1. The zero-order chi connectivity index (χ0) is 47.1. The van der Waals surface area contributed by atoms with Crippen LogP contribution in [0.4, 0.5) is 8.78 Å². The molecule has 0 radical (unpaired) electrons. The minimum absolute atomic E-state index is 0. The van der Waals surface area contributed by atoms with E-state index in [-0.39, 0.29) is 51.6 Å². The van der Waals surface area contributed by atoms with E-state index in [0.29, 0.717) is 50.7 Å². The first-order valence-corrected chi connectivity index (χ1v) is 23.4. The third kappa shape index (κ3) is 11.8. The van der Waals surface area contributed by atoms with Gasteiger partial charge in [0, 0.05) is 54.1 Å². The molecule has 0 saturated heterocycles. The number of halogens is 3. The maximum Gasteiger partial charge on any atom is 0.338 e. The normalized spacial score (nSPS) is 12.2. The number of fused-ring (bicyclic) bond motifs is 2. The molecule has 0 aliphatic heterocycles. The summed E-state index contributed by atoms with van der Waals surface area (Å²) in [6, 6.07) is 17.5. The molecule has 0 unspecified atom stereocenters. The molecule has 8 aromatic rings. The van der Waals surface area contributed by atoms with Crippen LogP contribution in [0.5, 0.6) is 0 Å². The first kappa shape index (κ1) is 49.9. The van der Waals surface area contributed by atoms with Crippen LogP contribution in [0.2, 0.25) is 0 Å². The molecule has 4 N–H and O–H groups in total. The summed E-state index contributed by atoms with van der Waals surface area (Å²) in [5, 5.41) is 21.6. The van der Waals surface area contributed by atoms with Crippen molar-refractivity contribution in [2.24, 2.45) is 5.73 Å². The number of pyridine rings is 4. The molecule has 0 spiro atoms. The Morgan fingerprint density at radius 1 is 0.667 bits per heavy atom. The third-order valence-electron chi connectivity index (χ3n) is 9.87. The van der Waals surface area contributed by atoms with Crippen molar-refractivity contribution in [1.29, 1.82) is 0 Å². The largest absolute Gasteiger partial charge is 0.478 e. The van der Waals surface area contributed by atoms with Gasteiger partial charge in [-0.2, -0.15) is 10.2 Å². The van der Waals surface area contributed by atoms with Gasteiger partial charge in [-0.25, -0.2) is 49.7 Å². The van der Waals surface area contributed by atoms with Crippen molar-refractivity contribution < 1.29 is 40.3 Å². The van der Waals surface area contributed by atoms with Crippen LogP contribution < -0.4 is 11.1 Å². The fourth-order valence-electron chi connectivity index (χ4n) is 6.41. The van der Waals surface area contributed by atoms with Crippen molar-refractivity contribution in [2.75, 3.05) is 12.5 Å². The van der Waals surface area contributed by atoms with Gasteiger partial charge in [-0.15, -0.1) is 12.4 Å². The van der Waals surface area contributed by atoms with E-state index in [4.69, 9.17) is 10.8 Å². The molecule has 0 aliphatic rings. The number of hydrogen-bond acceptors (Lipinski definition) is 13. The van der Waals surface area contributed by atoms with E-state index in [1.807, 2.05) is 13.8 Å². The van der Waals surface area contributed by atoms with E-state index >= 15 is 0 Å². The molecule has 2 atom stereocenters. The van der Waals surface area contributed by atoms with Gasteiger partial charge < -0.3 is 16.2 Å². The molecular weight excluding hydrogens is 918 g/mol. The predicted molar refractivity (Wildman–Crippen MR) is 244 cm³/mol. The smallest absolute Gasteiger partial charge is 0.338 e. The first-order chi connectivity index (χ1) is 30.9. The van der Waals surface area contributed by atoms with Gasteiger partial charge in [0.25, 0.3) is 5.91 Å². The Morgan fingerprint density at radius 3 is 1.55 bits per heavy atom. The van der Waals surface area contributed by atoms with E-state index < -0.39 is 31.7 Å². The fraction of sp³-hybridized carbons (Fsp3) is 0.182. The van der Waals surface area contributed by atoms with Gasteiger partial charge in [0.15, 0.2) is 29.7 Å². The number of nitrogens with one attached hydrogen (secondary N) is 1. The average Bonchev–Trinajstić information content (AvgIpc) is 3.94. The Hall–Kier alpha value is -7.07. The monoisotopic (exact) mass is 960 g/mol. The lowest BCUT2D eigenvalue weighted by Gasteiger charge is -2.18. The van der Waals surface area contributed by atoms with Crippen LogP contribution in [-0.4, -0.2) is 85.8 Å². The minimum atomic E-state index is -3.47. The summed E-state index contributed by atoms with van der Waals surface area (Å²) in [6.45, 7) is 3.84. The van der Waals surface area contributed by atoms with Crippen LogP contribution >= 0.6 is 12.4 Å². The van der Waals surface area contributed by atoms with Crippen LogP contribution in [0, 0.1) is 11.6 Å². The number of benzene rings is 2. The lowest BCUT2D eigenvalue weighted by molar-refractivity contribution is 0.0698. The quantitative estimate of drug-likeness (QED) is 0.121. The number of aromatic carboxylic acids is 1. The molecular formula is C44H43ClF2N10O7S2. The average molecular weight is 961 g/mol. The molecule has 1 amide bonds. The summed E-state index contributed by atoms with van der Waals surface area (Å²) < 4.78 is 75.3. The zero-order valence-corrected chi connectivity index (χ0v) is 38.1. The SMILES string of the molecule is CC[C@H](N)c1ccnc(S(C)(=O)=O)c1.CC[C@H](NC(=O)c1cncc2c1cnn2-c1ccc(F)cc1)c1ccnc(S(C)(=O)=O)c1.Cl.O=C(O)c1cncc2c1cnn2-c1ccc(F)cc1. The molecule has 6 aromatic heterocycles. The Morgan fingerprint density at radius 2 is 1.11 bits per heavy atom. The first-order valence-electron chi connectivity index (χ1n) is 19.7. The van der Waals surface area contributed by atoms with Gasteiger partial charge >= 0.3 is 5.97 Å². The van der Waals surface area contributed by atoms with E-state index in [0.717, 1.165) is 24.5 Å². The molecule has 0 saturated carbocycles.